The molecule has 1 heterocycles. The van der Waals surface area contributed by atoms with Crippen LogP contribution in [0.4, 0.5) is 0 Å². The highest BCUT2D eigenvalue weighted by molar-refractivity contribution is 7.99. The van der Waals surface area contributed by atoms with Crippen molar-refractivity contribution in [2.45, 2.75) is 42.7 Å². The number of carbonyl (C=O) groups excluding carboxylic acids is 1. The van der Waals surface area contributed by atoms with Gasteiger partial charge in [0.05, 0.1) is 11.6 Å². The highest BCUT2D eigenvalue weighted by Gasteiger charge is 2.29. The van der Waals surface area contributed by atoms with E-state index in [9.17, 15) is 10.1 Å². The van der Waals surface area contributed by atoms with E-state index < -0.39 is 18.0 Å². The van der Waals surface area contributed by atoms with Crippen molar-refractivity contribution in [1.82, 2.24) is 4.98 Å². The minimum Gasteiger partial charge on any atom is -0.440 e. The van der Waals surface area contributed by atoms with Crippen molar-refractivity contribution in [2.24, 2.45) is 5.92 Å². The second kappa shape index (κ2) is 10.5. The molecule has 0 aliphatic carbocycles. The largest absolute Gasteiger partial charge is 0.440 e. The SMILES string of the molecule is Cc1ccc(Sc2cccc(C(C#N)OC(=O)C(c3ccc4ccccc4c3)C(C)C)n2)cc1. The highest BCUT2D eigenvalue weighted by atomic mass is 32.2. The third-order valence-corrected chi connectivity index (χ3v) is 6.61. The van der Waals surface area contributed by atoms with Gasteiger partial charge in [-0.3, -0.25) is 4.79 Å². The zero-order valence-corrected chi connectivity index (χ0v) is 20.3. The summed E-state index contributed by atoms with van der Waals surface area (Å²) in [4.78, 5) is 18.9. The van der Waals surface area contributed by atoms with Gasteiger partial charge in [-0.15, -0.1) is 0 Å². The van der Waals surface area contributed by atoms with Crippen LogP contribution in [-0.4, -0.2) is 11.0 Å². The zero-order valence-electron chi connectivity index (χ0n) is 19.4. The van der Waals surface area contributed by atoms with Gasteiger partial charge in [-0.2, -0.15) is 5.26 Å². The zero-order chi connectivity index (χ0) is 24.1. The summed E-state index contributed by atoms with van der Waals surface area (Å²) < 4.78 is 5.72. The standard InChI is InChI=1S/C29H26N2O2S/c1-19(2)28(23-14-13-21-7-4-5-8-22(21)17-23)29(32)33-26(18-30)25-9-6-10-27(31-25)34-24-15-11-20(3)12-16-24/h4-17,19,26,28H,1-3H3. The molecule has 34 heavy (non-hydrogen) atoms. The van der Waals surface area contributed by atoms with Crippen LogP contribution in [0.15, 0.2) is 94.9 Å². The molecule has 3 aromatic carbocycles. The number of esters is 1. The van der Waals surface area contributed by atoms with Crippen LogP contribution in [0.1, 0.15) is 42.7 Å². The number of rotatable bonds is 7. The number of aromatic nitrogens is 1. The summed E-state index contributed by atoms with van der Waals surface area (Å²) in [6.45, 7) is 6.01. The Balaban J connectivity index is 1.55. The molecular formula is C29H26N2O2S. The summed E-state index contributed by atoms with van der Waals surface area (Å²) in [6.07, 6.45) is -1.08. The fourth-order valence-electron chi connectivity index (χ4n) is 3.90. The van der Waals surface area contributed by atoms with Crippen LogP contribution in [0.2, 0.25) is 0 Å². The van der Waals surface area contributed by atoms with Crippen LogP contribution in [0.5, 0.6) is 0 Å². The lowest BCUT2D eigenvalue weighted by atomic mass is 9.87. The van der Waals surface area contributed by atoms with Gasteiger partial charge in [0.25, 0.3) is 0 Å². The number of carbonyl (C=O) groups is 1. The molecule has 2 atom stereocenters. The summed E-state index contributed by atoms with van der Waals surface area (Å²) in [6, 6.07) is 29.8. The van der Waals surface area contributed by atoms with Crippen molar-refractivity contribution in [1.29, 1.82) is 5.26 Å². The van der Waals surface area contributed by atoms with Crippen molar-refractivity contribution in [3.05, 3.63) is 102 Å². The minimum atomic E-state index is -1.08. The minimum absolute atomic E-state index is 0.00407. The predicted molar refractivity (Wildman–Crippen MR) is 136 cm³/mol. The molecule has 2 unspecified atom stereocenters. The van der Waals surface area contributed by atoms with Crippen LogP contribution < -0.4 is 0 Å². The third-order valence-electron chi connectivity index (χ3n) is 5.66. The molecule has 0 saturated heterocycles. The Morgan fingerprint density at radius 1 is 0.941 bits per heavy atom. The average molecular weight is 467 g/mol. The number of hydrogen-bond donors (Lipinski definition) is 0. The van der Waals surface area contributed by atoms with Crippen molar-refractivity contribution in [3.8, 4) is 6.07 Å². The van der Waals surface area contributed by atoms with E-state index in [4.69, 9.17) is 4.74 Å². The molecule has 5 heteroatoms. The third kappa shape index (κ3) is 5.47. The Labute approximate surface area is 204 Å². The monoisotopic (exact) mass is 466 g/mol. The summed E-state index contributed by atoms with van der Waals surface area (Å²) in [7, 11) is 0. The quantitative estimate of drug-likeness (QED) is 0.269. The number of pyridine rings is 1. The van der Waals surface area contributed by atoms with E-state index in [0.29, 0.717) is 5.69 Å². The molecule has 0 bridgehead atoms. The molecule has 0 saturated carbocycles. The van der Waals surface area contributed by atoms with E-state index in [2.05, 4.69) is 11.1 Å². The van der Waals surface area contributed by atoms with Gasteiger partial charge in [-0.05, 0) is 53.4 Å². The van der Waals surface area contributed by atoms with Gasteiger partial charge in [0.1, 0.15) is 11.1 Å². The van der Waals surface area contributed by atoms with E-state index in [1.54, 1.807) is 6.07 Å². The molecule has 0 N–H and O–H groups in total. The average Bonchev–Trinajstić information content (AvgIpc) is 2.84. The van der Waals surface area contributed by atoms with Crippen LogP contribution in [0, 0.1) is 24.2 Å². The van der Waals surface area contributed by atoms with Crippen molar-refractivity contribution < 1.29 is 9.53 Å². The number of fused-ring (bicyclic) bond motifs is 1. The first-order chi connectivity index (χ1) is 16.4. The van der Waals surface area contributed by atoms with Gasteiger partial charge >= 0.3 is 5.97 Å². The van der Waals surface area contributed by atoms with E-state index >= 15 is 0 Å². The maximum absolute atomic E-state index is 13.3. The summed E-state index contributed by atoms with van der Waals surface area (Å²) in [5.41, 5.74) is 2.50. The Morgan fingerprint density at radius 3 is 2.38 bits per heavy atom. The fourth-order valence-corrected chi connectivity index (χ4v) is 4.71. The molecule has 4 nitrogen and oxygen atoms in total. The van der Waals surface area contributed by atoms with Gasteiger partial charge in [0, 0.05) is 4.90 Å². The van der Waals surface area contributed by atoms with E-state index in [0.717, 1.165) is 26.3 Å². The van der Waals surface area contributed by atoms with E-state index in [1.807, 2.05) is 99.6 Å². The first-order valence-electron chi connectivity index (χ1n) is 11.2. The number of hydrogen-bond acceptors (Lipinski definition) is 5. The molecule has 170 valence electrons. The van der Waals surface area contributed by atoms with Gasteiger partial charge in [0.2, 0.25) is 6.10 Å². The highest BCUT2D eigenvalue weighted by Crippen LogP contribution is 2.32. The Hall–Kier alpha value is -3.62. The molecule has 0 radical (unpaired) electrons. The normalized spacial score (nSPS) is 12.8. The Morgan fingerprint density at radius 2 is 1.68 bits per heavy atom. The van der Waals surface area contributed by atoms with Crippen LogP contribution in [0.3, 0.4) is 0 Å². The molecule has 0 fully saturated rings. The molecule has 0 aliphatic rings. The van der Waals surface area contributed by atoms with Crippen LogP contribution >= 0.6 is 11.8 Å². The maximum Gasteiger partial charge on any atom is 0.315 e. The number of nitrogens with zero attached hydrogens (tertiary/aromatic N) is 2. The lowest BCUT2D eigenvalue weighted by molar-refractivity contribution is -0.150. The van der Waals surface area contributed by atoms with Gasteiger partial charge in [0.15, 0.2) is 0 Å². The lowest BCUT2D eigenvalue weighted by Gasteiger charge is -2.22. The number of benzene rings is 3. The van der Waals surface area contributed by atoms with Gasteiger partial charge in [-0.25, -0.2) is 4.98 Å². The summed E-state index contributed by atoms with van der Waals surface area (Å²) >= 11 is 1.51. The topological polar surface area (TPSA) is 63.0 Å². The summed E-state index contributed by atoms with van der Waals surface area (Å²) in [5.74, 6) is -0.898. The molecule has 0 amide bonds. The fraction of sp³-hybridized carbons (Fsp3) is 0.207. The van der Waals surface area contributed by atoms with Crippen LogP contribution in [0.25, 0.3) is 10.8 Å². The molecule has 4 aromatic rings. The second-order valence-electron chi connectivity index (χ2n) is 8.59. The van der Waals surface area contributed by atoms with Crippen molar-refractivity contribution in [2.75, 3.05) is 0 Å². The first kappa shape index (κ1) is 23.5. The Bertz CT molecular complexity index is 1340. The van der Waals surface area contributed by atoms with Crippen LogP contribution in [-0.2, 0) is 9.53 Å². The Kier molecular flexibility index (Phi) is 7.30. The number of ether oxygens (including phenoxy) is 1. The molecule has 1 aromatic heterocycles. The summed E-state index contributed by atoms with van der Waals surface area (Å²) in [5, 5.41) is 12.7. The van der Waals surface area contributed by atoms with E-state index in [1.165, 1.54) is 17.3 Å². The second-order valence-corrected chi connectivity index (χ2v) is 9.68. The first-order valence-corrected chi connectivity index (χ1v) is 12.1. The van der Waals surface area contributed by atoms with Gasteiger partial charge in [-0.1, -0.05) is 91.8 Å². The van der Waals surface area contributed by atoms with Gasteiger partial charge < -0.3 is 4.74 Å². The van der Waals surface area contributed by atoms with Crippen molar-refractivity contribution in [3.63, 3.8) is 0 Å². The maximum atomic E-state index is 13.3. The molecule has 4 rings (SSSR count). The van der Waals surface area contributed by atoms with E-state index in [-0.39, 0.29) is 5.92 Å². The smallest absolute Gasteiger partial charge is 0.315 e. The molecule has 0 aliphatic heterocycles. The lowest BCUT2D eigenvalue weighted by Crippen LogP contribution is -2.23. The molecule has 0 spiro atoms. The van der Waals surface area contributed by atoms with Crippen molar-refractivity contribution >= 4 is 28.5 Å². The molecular weight excluding hydrogens is 440 g/mol. The number of aryl methyl sites for hydroxylation is 1. The predicted octanol–water partition coefficient (Wildman–Crippen LogP) is 7.24. The number of nitriles is 1.